The van der Waals surface area contributed by atoms with Gasteiger partial charge in [-0.3, -0.25) is 0 Å². The molecule has 3 aromatic rings. The molecule has 0 amide bonds. The van der Waals surface area contributed by atoms with Gasteiger partial charge in [0.15, 0.2) is 0 Å². The molecule has 0 saturated heterocycles. The molecule has 0 radical (unpaired) electrons. The Morgan fingerprint density at radius 3 is 1.66 bits per heavy atom. The molecule has 5 heteroatoms. The van der Waals surface area contributed by atoms with Gasteiger partial charge in [-0.2, -0.15) is 0 Å². The Balaban J connectivity index is 1.94. The maximum atomic E-state index is 11.0. The summed E-state index contributed by atoms with van der Waals surface area (Å²) in [5.74, 6) is -0.410. The van der Waals surface area contributed by atoms with Crippen LogP contribution in [-0.4, -0.2) is 44.0 Å². The van der Waals surface area contributed by atoms with Gasteiger partial charge in [0, 0.05) is 31.0 Å². The van der Waals surface area contributed by atoms with E-state index in [4.69, 9.17) is 9.16 Å². The van der Waals surface area contributed by atoms with Crippen LogP contribution in [0.2, 0.25) is 5.04 Å². The second-order valence-electron chi connectivity index (χ2n) is 11.7. The zero-order chi connectivity index (χ0) is 27.8. The lowest BCUT2D eigenvalue weighted by molar-refractivity contribution is -0.0881. The van der Waals surface area contributed by atoms with Gasteiger partial charge >= 0.3 is 0 Å². The third-order valence-corrected chi connectivity index (χ3v) is 12.8. The van der Waals surface area contributed by atoms with Crippen LogP contribution in [0.15, 0.2) is 91.0 Å². The Morgan fingerprint density at radius 1 is 0.737 bits per heavy atom. The molecule has 0 aromatic heterocycles. The van der Waals surface area contributed by atoms with Crippen molar-refractivity contribution in [1.82, 2.24) is 0 Å². The highest BCUT2D eigenvalue weighted by Gasteiger charge is 2.50. The van der Waals surface area contributed by atoms with Crippen LogP contribution in [-0.2, 0) is 15.8 Å². The predicted molar refractivity (Wildman–Crippen MR) is 159 cm³/mol. The van der Waals surface area contributed by atoms with E-state index in [0.717, 1.165) is 5.56 Å². The summed E-state index contributed by atoms with van der Waals surface area (Å²) in [6, 6.07) is 31.4. The Kier molecular flexibility index (Phi) is 10.9. The zero-order valence-electron chi connectivity index (χ0n) is 23.9. The summed E-state index contributed by atoms with van der Waals surface area (Å²) in [4.78, 5) is 0. The van der Waals surface area contributed by atoms with Gasteiger partial charge in [-0.25, -0.2) is 0 Å². The Bertz CT molecular complexity index is 1030. The van der Waals surface area contributed by atoms with E-state index in [0.29, 0.717) is 13.2 Å². The molecule has 4 nitrogen and oxygen atoms in total. The van der Waals surface area contributed by atoms with Crippen LogP contribution in [0.5, 0.6) is 0 Å². The van der Waals surface area contributed by atoms with Crippen LogP contribution in [0.1, 0.15) is 47.1 Å². The average Bonchev–Trinajstić information content (AvgIpc) is 2.93. The van der Waals surface area contributed by atoms with Crippen LogP contribution in [0.25, 0.3) is 0 Å². The third-order valence-electron chi connectivity index (χ3n) is 7.75. The van der Waals surface area contributed by atoms with Crippen molar-refractivity contribution in [3.63, 3.8) is 0 Å². The molecule has 3 rings (SSSR count). The van der Waals surface area contributed by atoms with Gasteiger partial charge in [-0.15, -0.1) is 0 Å². The Morgan fingerprint density at radius 2 is 1.21 bits per heavy atom. The number of aliphatic hydroxyl groups is 2. The smallest absolute Gasteiger partial charge is 0.261 e. The van der Waals surface area contributed by atoms with E-state index in [1.807, 2.05) is 32.0 Å². The summed E-state index contributed by atoms with van der Waals surface area (Å²) in [5.41, 5.74) is 1.09. The first-order valence-electron chi connectivity index (χ1n) is 13.8. The zero-order valence-corrected chi connectivity index (χ0v) is 24.9. The molecule has 0 spiro atoms. The van der Waals surface area contributed by atoms with Crippen molar-refractivity contribution in [3.05, 3.63) is 96.6 Å². The molecule has 0 aliphatic carbocycles. The first kappa shape index (κ1) is 30.3. The van der Waals surface area contributed by atoms with Gasteiger partial charge in [-0.05, 0) is 21.0 Å². The van der Waals surface area contributed by atoms with Gasteiger partial charge in [0.05, 0.1) is 18.8 Å². The lowest BCUT2D eigenvalue weighted by atomic mass is 9.84. The fourth-order valence-corrected chi connectivity index (χ4v) is 10.2. The lowest BCUT2D eigenvalue weighted by Gasteiger charge is -2.44. The minimum absolute atomic E-state index is 0.0101. The summed E-state index contributed by atoms with van der Waals surface area (Å²) in [6.45, 7) is 13.8. The van der Waals surface area contributed by atoms with E-state index in [9.17, 15) is 10.2 Å². The van der Waals surface area contributed by atoms with E-state index in [1.165, 1.54) is 10.4 Å². The van der Waals surface area contributed by atoms with Crippen molar-refractivity contribution < 1.29 is 19.4 Å². The molecule has 5 atom stereocenters. The maximum Gasteiger partial charge on any atom is 0.261 e. The van der Waals surface area contributed by atoms with Crippen LogP contribution < -0.4 is 10.4 Å². The van der Waals surface area contributed by atoms with Crippen LogP contribution >= 0.6 is 0 Å². The normalized spacial score (nSPS) is 16.4. The summed E-state index contributed by atoms with van der Waals surface area (Å²) >= 11 is 0. The number of aliphatic hydroxyl groups excluding tert-OH is 2. The van der Waals surface area contributed by atoms with Crippen molar-refractivity contribution in [1.29, 1.82) is 0 Å². The summed E-state index contributed by atoms with van der Waals surface area (Å²) in [6.07, 6.45) is -0.937. The molecule has 0 saturated carbocycles. The first-order valence-corrected chi connectivity index (χ1v) is 15.7. The summed E-state index contributed by atoms with van der Waals surface area (Å²) < 4.78 is 13.7. The fraction of sp³-hybridized carbons (Fsp3) is 0.455. The van der Waals surface area contributed by atoms with E-state index in [1.54, 1.807) is 0 Å². The lowest BCUT2D eigenvalue weighted by Crippen LogP contribution is -2.67. The topological polar surface area (TPSA) is 58.9 Å². The predicted octanol–water partition coefficient (Wildman–Crippen LogP) is 5.41. The van der Waals surface area contributed by atoms with Gasteiger partial charge in [0.1, 0.15) is 0 Å². The van der Waals surface area contributed by atoms with Crippen LogP contribution in [0.3, 0.4) is 0 Å². The molecule has 206 valence electrons. The molecule has 0 aliphatic heterocycles. The number of rotatable bonds is 13. The second-order valence-corrected chi connectivity index (χ2v) is 16.0. The van der Waals surface area contributed by atoms with Crippen molar-refractivity contribution in [2.45, 2.75) is 65.4 Å². The van der Waals surface area contributed by atoms with Crippen LogP contribution in [0, 0.1) is 17.8 Å². The van der Waals surface area contributed by atoms with Gasteiger partial charge in [0.2, 0.25) is 0 Å². The number of hydrogen-bond donors (Lipinski definition) is 2. The highest BCUT2D eigenvalue weighted by atomic mass is 28.4. The minimum Gasteiger partial charge on any atom is -0.407 e. The van der Waals surface area contributed by atoms with E-state index >= 15 is 0 Å². The molecular weight excluding hydrogens is 488 g/mol. The average molecular weight is 535 g/mol. The van der Waals surface area contributed by atoms with Gasteiger partial charge in [0.25, 0.3) is 8.32 Å². The summed E-state index contributed by atoms with van der Waals surface area (Å²) in [7, 11) is -2.69. The van der Waals surface area contributed by atoms with Gasteiger partial charge in [-0.1, -0.05) is 133 Å². The molecule has 0 heterocycles. The molecule has 0 fully saturated rings. The molecule has 0 bridgehead atoms. The standard InChI is InChI=1S/C33H46O4Si/c1-25(22-34)31(35)27(3)32(36-24-28-16-10-7-11-17-28)26(2)23-37-38(33(4,5)6,29-18-12-8-13-19-29)30-20-14-9-15-21-30/h7-21,25-27,31-32,34-35H,22-24H2,1-6H3/t25-,26-,27+,31-,32-/m1/s1. The Hall–Kier alpha value is -2.28. The Labute approximate surface area is 230 Å². The highest BCUT2D eigenvalue weighted by molar-refractivity contribution is 6.99. The quantitative estimate of drug-likeness (QED) is 0.288. The van der Waals surface area contributed by atoms with E-state index in [2.05, 4.69) is 100 Å². The number of hydrogen-bond acceptors (Lipinski definition) is 4. The van der Waals surface area contributed by atoms with Crippen LogP contribution in [0.4, 0.5) is 0 Å². The van der Waals surface area contributed by atoms with E-state index in [-0.39, 0.29) is 35.5 Å². The third kappa shape index (κ3) is 7.02. The molecule has 38 heavy (non-hydrogen) atoms. The molecule has 0 unspecified atom stereocenters. The number of benzene rings is 3. The molecule has 3 aromatic carbocycles. The van der Waals surface area contributed by atoms with E-state index < -0.39 is 14.4 Å². The highest BCUT2D eigenvalue weighted by Crippen LogP contribution is 2.37. The van der Waals surface area contributed by atoms with Crippen molar-refractivity contribution in [3.8, 4) is 0 Å². The summed E-state index contributed by atoms with van der Waals surface area (Å²) in [5, 5.41) is 23.1. The minimum atomic E-state index is -2.69. The van der Waals surface area contributed by atoms with Gasteiger partial charge < -0.3 is 19.4 Å². The molecular formula is C33H46O4Si. The molecule has 2 N–H and O–H groups in total. The second kappa shape index (κ2) is 13.7. The van der Waals surface area contributed by atoms with Crippen molar-refractivity contribution in [2.75, 3.05) is 13.2 Å². The van der Waals surface area contributed by atoms with Crippen molar-refractivity contribution >= 4 is 18.7 Å². The monoisotopic (exact) mass is 534 g/mol. The maximum absolute atomic E-state index is 11.0. The number of ether oxygens (including phenoxy) is 1. The molecule has 0 aliphatic rings. The largest absolute Gasteiger partial charge is 0.407 e. The fourth-order valence-electron chi connectivity index (χ4n) is 5.53. The first-order chi connectivity index (χ1) is 18.1. The SMILES string of the molecule is C[C@@H]([C@H](O)[C@H](C)CO)[C@H](OCc1ccccc1)[C@H](C)CO[Si](c1ccccc1)(c1ccccc1)C(C)(C)C. The van der Waals surface area contributed by atoms with Crippen molar-refractivity contribution in [2.24, 2.45) is 17.8 Å².